The molecule has 0 atom stereocenters. The number of sulfonamides is 1. The van der Waals surface area contributed by atoms with E-state index < -0.39 is 10.0 Å². The number of methoxy groups -OCH3 is 1. The third kappa shape index (κ3) is 4.47. The molecule has 0 radical (unpaired) electrons. The molecule has 2 aromatic rings. The first-order chi connectivity index (χ1) is 15.3. The van der Waals surface area contributed by atoms with Gasteiger partial charge in [0.25, 0.3) is 10.0 Å². The van der Waals surface area contributed by atoms with Crippen molar-refractivity contribution in [3.8, 4) is 5.75 Å². The molecule has 2 saturated heterocycles. The summed E-state index contributed by atoms with van der Waals surface area (Å²) < 4.78 is 34.2. The van der Waals surface area contributed by atoms with Gasteiger partial charge in [0.1, 0.15) is 11.6 Å². The number of anilines is 1. The maximum absolute atomic E-state index is 13.1. The molecule has 0 N–H and O–H groups in total. The maximum atomic E-state index is 13.1. The van der Waals surface area contributed by atoms with Crippen molar-refractivity contribution in [1.82, 2.24) is 18.8 Å². The lowest BCUT2D eigenvalue weighted by Gasteiger charge is -2.39. The SMILES string of the molecule is COc1cccc(N2CCN(C(=O)C3CCN(S(=O)(=O)c4cn(C)c(C)n4)CC3)CC2)c1. The number of imidazole rings is 1. The van der Waals surface area contributed by atoms with E-state index in [1.807, 2.05) is 23.1 Å². The van der Waals surface area contributed by atoms with Crippen molar-refractivity contribution in [3.63, 3.8) is 0 Å². The number of nitrogens with zero attached hydrogens (tertiary/aromatic N) is 5. The van der Waals surface area contributed by atoms with Gasteiger partial charge < -0.3 is 19.1 Å². The molecule has 0 saturated carbocycles. The molecule has 0 unspecified atom stereocenters. The van der Waals surface area contributed by atoms with E-state index in [4.69, 9.17) is 4.74 Å². The zero-order valence-electron chi connectivity index (χ0n) is 18.9. The highest BCUT2D eigenvalue weighted by Gasteiger charge is 2.35. The zero-order chi connectivity index (χ0) is 22.9. The van der Waals surface area contributed by atoms with Crippen molar-refractivity contribution in [2.45, 2.75) is 24.8 Å². The van der Waals surface area contributed by atoms with Crippen LogP contribution in [0.15, 0.2) is 35.5 Å². The number of hydrogen-bond acceptors (Lipinski definition) is 6. The van der Waals surface area contributed by atoms with Gasteiger partial charge in [-0.2, -0.15) is 4.31 Å². The van der Waals surface area contributed by atoms with Crippen LogP contribution in [-0.2, 0) is 21.9 Å². The molecule has 10 heteroatoms. The van der Waals surface area contributed by atoms with Crippen LogP contribution in [0.3, 0.4) is 0 Å². The molecule has 1 aromatic carbocycles. The lowest BCUT2D eigenvalue weighted by atomic mass is 9.96. The molecule has 3 heterocycles. The first kappa shape index (κ1) is 22.6. The van der Waals surface area contributed by atoms with Crippen LogP contribution in [0.1, 0.15) is 18.7 Å². The van der Waals surface area contributed by atoms with Crippen molar-refractivity contribution >= 4 is 21.6 Å². The number of benzene rings is 1. The van der Waals surface area contributed by atoms with Gasteiger partial charge in [-0.25, -0.2) is 13.4 Å². The van der Waals surface area contributed by atoms with Gasteiger partial charge in [-0.1, -0.05) is 6.07 Å². The van der Waals surface area contributed by atoms with Gasteiger partial charge in [0.15, 0.2) is 5.03 Å². The van der Waals surface area contributed by atoms with Gasteiger partial charge in [-0.15, -0.1) is 0 Å². The van der Waals surface area contributed by atoms with Gasteiger partial charge in [0.05, 0.1) is 7.11 Å². The van der Waals surface area contributed by atoms with Gasteiger partial charge in [0.2, 0.25) is 5.91 Å². The van der Waals surface area contributed by atoms with Gasteiger partial charge in [0, 0.05) is 70.2 Å². The summed E-state index contributed by atoms with van der Waals surface area (Å²) in [6.07, 6.45) is 2.63. The minimum atomic E-state index is -3.62. The molecule has 174 valence electrons. The monoisotopic (exact) mass is 461 g/mol. The minimum absolute atomic E-state index is 0.0796. The summed E-state index contributed by atoms with van der Waals surface area (Å²) in [4.78, 5) is 21.4. The number of piperazine rings is 1. The Bertz CT molecular complexity index is 1050. The molecule has 2 aliphatic heterocycles. The van der Waals surface area contributed by atoms with Gasteiger partial charge in [-0.05, 0) is 31.9 Å². The van der Waals surface area contributed by atoms with E-state index in [-0.39, 0.29) is 16.9 Å². The number of aryl methyl sites for hydroxylation is 2. The zero-order valence-corrected chi connectivity index (χ0v) is 19.7. The fourth-order valence-electron chi connectivity index (χ4n) is 4.38. The normalized spacial score (nSPS) is 18.7. The Morgan fingerprint density at radius 1 is 1.09 bits per heavy atom. The summed E-state index contributed by atoms with van der Waals surface area (Å²) in [5, 5.41) is 0.0796. The summed E-state index contributed by atoms with van der Waals surface area (Å²) in [6, 6.07) is 7.96. The smallest absolute Gasteiger partial charge is 0.262 e. The first-order valence-corrected chi connectivity index (χ1v) is 12.4. The van der Waals surface area contributed by atoms with Crippen LogP contribution < -0.4 is 9.64 Å². The van der Waals surface area contributed by atoms with E-state index in [1.54, 1.807) is 31.8 Å². The van der Waals surface area contributed by atoms with Crippen molar-refractivity contribution in [2.24, 2.45) is 13.0 Å². The summed E-state index contributed by atoms with van der Waals surface area (Å²) in [5.41, 5.74) is 1.10. The number of rotatable bonds is 5. The van der Waals surface area contributed by atoms with Crippen molar-refractivity contribution in [1.29, 1.82) is 0 Å². The molecule has 2 aliphatic rings. The molecule has 32 heavy (non-hydrogen) atoms. The van der Waals surface area contributed by atoms with Crippen LogP contribution in [0, 0.1) is 12.8 Å². The van der Waals surface area contributed by atoms with Gasteiger partial charge in [-0.3, -0.25) is 4.79 Å². The Kier molecular flexibility index (Phi) is 6.43. The average molecular weight is 462 g/mol. The molecule has 4 rings (SSSR count). The summed E-state index contributed by atoms with van der Waals surface area (Å²) in [7, 11) is -0.187. The second-order valence-corrected chi connectivity index (χ2v) is 10.3. The molecule has 1 amide bonds. The van der Waals surface area contributed by atoms with Crippen LogP contribution in [0.2, 0.25) is 0 Å². The third-order valence-corrected chi connectivity index (χ3v) is 8.27. The Labute approximate surface area is 189 Å². The van der Waals surface area contributed by atoms with E-state index in [2.05, 4.69) is 16.0 Å². The predicted octanol–water partition coefficient (Wildman–Crippen LogP) is 1.49. The molecular formula is C22H31N5O4S. The van der Waals surface area contributed by atoms with Crippen LogP contribution in [0.4, 0.5) is 5.69 Å². The Morgan fingerprint density at radius 2 is 1.78 bits per heavy atom. The number of piperidine rings is 1. The fourth-order valence-corrected chi connectivity index (χ4v) is 5.87. The van der Waals surface area contributed by atoms with E-state index in [9.17, 15) is 13.2 Å². The highest BCUT2D eigenvalue weighted by molar-refractivity contribution is 7.89. The molecule has 2 fully saturated rings. The van der Waals surface area contributed by atoms with E-state index in [0.717, 1.165) is 24.5 Å². The number of carbonyl (C=O) groups excluding carboxylic acids is 1. The number of amides is 1. The van der Waals surface area contributed by atoms with Gasteiger partial charge >= 0.3 is 0 Å². The lowest BCUT2D eigenvalue weighted by molar-refractivity contribution is -0.137. The quantitative estimate of drug-likeness (QED) is 0.670. The van der Waals surface area contributed by atoms with E-state index in [1.165, 1.54) is 4.31 Å². The molecular weight excluding hydrogens is 430 g/mol. The summed E-state index contributed by atoms with van der Waals surface area (Å²) in [5.74, 6) is 1.49. The van der Waals surface area contributed by atoms with Crippen LogP contribution in [0.25, 0.3) is 0 Å². The highest BCUT2D eigenvalue weighted by atomic mass is 32.2. The number of ether oxygens (including phenoxy) is 1. The average Bonchev–Trinajstić information content (AvgIpc) is 3.18. The van der Waals surface area contributed by atoms with Crippen LogP contribution in [0.5, 0.6) is 5.75 Å². The molecule has 1 aromatic heterocycles. The molecule has 0 bridgehead atoms. The Morgan fingerprint density at radius 3 is 2.38 bits per heavy atom. The minimum Gasteiger partial charge on any atom is -0.497 e. The summed E-state index contributed by atoms with van der Waals surface area (Å²) >= 11 is 0. The fraction of sp³-hybridized carbons (Fsp3) is 0.545. The molecule has 0 spiro atoms. The van der Waals surface area contributed by atoms with Crippen molar-refractivity contribution < 1.29 is 17.9 Å². The molecule has 0 aliphatic carbocycles. The highest BCUT2D eigenvalue weighted by Crippen LogP contribution is 2.26. The standard InChI is InChI=1S/C22H31N5O4S/c1-17-23-21(16-24(17)2)32(29,30)27-9-7-18(8-10-27)22(28)26-13-11-25(12-14-26)19-5-4-6-20(15-19)31-3/h4-6,15-16,18H,7-14H2,1-3H3. The topological polar surface area (TPSA) is 88.0 Å². The first-order valence-electron chi connectivity index (χ1n) is 11.0. The maximum Gasteiger partial charge on any atom is 0.262 e. The Balaban J connectivity index is 1.31. The second-order valence-electron chi connectivity index (χ2n) is 8.43. The van der Waals surface area contributed by atoms with Crippen molar-refractivity contribution in [2.75, 3.05) is 51.3 Å². The van der Waals surface area contributed by atoms with Crippen LogP contribution in [-0.4, -0.2) is 79.5 Å². The number of aromatic nitrogens is 2. The van der Waals surface area contributed by atoms with Crippen LogP contribution >= 0.6 is 0 Å². The Hall–Kier alpha value is -2.59. The lowest BCUT2D eigenvalue weighted by Crippen LogP contribution is -2.52. The van der Waals surface area contributed by atoms with E-state index >= 15 is 0 Å². The van der Waals surface area contributed by atoms with Crippen molar-refractivity contribution in [3.05, 3.63) is 36.3 Å². The number of hydrogen-bond donors (Lipinski definition) is 0. The predicted molar refractivity (Wildman–Crippen MR) is 121 cm³/mol. The largest absolute Gasteiger partial charge is 0.497 e. The number of carbonyl (C=O) groups is 1. The summed E-state index contributed by atoms with van der Waals surface area (Å²) in [6.45, 7) is 5.34. The second kappa shape index (κ2) is 9.11. The molecule has 9 nitrogen and oxygen atoms in total. The third-order valence-electron chi connectivity index (χ3n) is 6.50. The van der Waals surface area contributed by atoms with E-state index in [0.29, 0.717) is 44.8 Å².